The fraction of sp³-hybridized carbons (Fsp3) is 0.867. The van der Waals surface area contributed by atoms with Crippen molar-refractivity contribution >= 4 is 11.8 Å². The first-order valence-corrected chi connectivity index (χ1v) is 7.44. The van der Waals surface area contributed by atoms with Gasteiger partial charge in [-0.15, -0.1) is 0 Å². The molecule has 0 aromatic heterocycles. The van der Waals surface area contributed by atoms with Gasteiger partial charge < -0.3 is 4.74 Å². The Kier molecular flexibility index (Phi) is 4.79. The van der Waals surface area contributed by atoms with Crippen LogP contribution in [-0.2, 0) is 14.3 Å². The summed E-state index contributed by atoms with van der Waals surface area (Å²) in [4.78, 5) is 24.4. The second-order valence-electron chi connectivity index (χ2n) is 5.66. The molecule has 0 aliphatic heterocycles. The van der Waals surface area contributed by atoms with Crippen LogP contribution in [0.1, 0.15) is 58.3 Å². The van der Waals surface area contributed by atoms with Gasteiger partial charge in [-0.25, -0.2) is 0 Å². The van der Waals surface area contributed by atoms with Crippen LogP contribution in [0.25, 0.3) is 0 Å². The summed E-state index contributed by atoms with van der Waals surface area (Å²) in [6.07, 6.45) is 8.76. The van der Waals surface area contributed by atoms with Crippen molar-refractivity contribution in [3.63, 3.8) is 0 Å². The Morgan fingerprint density at radius 3 is 2.17 bits per heavy atom. The second kappa shape index (κ2) is 6.35. The average molecular weight is 252 g/mol. The van der Waals surface area contributed by atoms with Gasteiger partial charge in [0.05, 0.1) is 6.61 Å². The third-order valence-corrected chi connectivity index (χ3v) is 4.20. The first-order valence-electron chi connectivity index (χ1n) is 7.44. The molecule has 1 atom stereocenters. The van der Waals surface area contributed by atoms with Crippen molar-refractivity contribution in [3.8, 4) is 0 Å². The SMILES string of the molecule is CCOC(=O)C(C(=O)C1CC1)C1CCCCCC1. The van der Waals surface area contributed by atoms with Crippen LogP contribution in [0, 0.1) is 17.8 Å². The quantitative estimate of drug-likeness (QED) is 0.429. The minimum atomic E-state index is -0.462. The second-order valence-corrected chi connectivity index (χ2v) is 5.66. The Balaban J connectivity index is 2.06. The number of rotatable bonds is 5. The molecule has 0 N–H and O–H groups in total. The summed E-state index contributed by atoms with van der Waals surface area (Å²) in [5, 5.41) is 0. The minimum absolute atomic E-state index is 0.155. The Morgan fingerprint density at radius 2 is 1.67 bits per heavy atom. The molecule has 2 aliphatic rings. The van der Waals surface area contributed by atoms with Crippen molar-refractivity contribution in [2.45, 2.75) is 58.3 Å². The summed E-state index contributed by atoms with van der Waals surface area (Å²) in [5.74, 6) is -0.167. The molecule has 2 saturated carbocycles. The molecule has 0 amide bonds. The highest BCUT2D eigenvalue weighted by Crippen LogP contribution is 2.38. The van der Waals surface area contributed by atoms with E-state index in [1.807, 2.05) is 6.92 Å². The van der Waals surface area contributed by atoms with Crippen LogP contribution in [0.3, 0.4) is 0 Å². The number of Topliss-reactive ketones (excluding diaryl/α,β-unsaturated/α-hetero) is 1. The molecule has 18 heavy (non-hydrogen) atoms. The van der Waals surface area contributed by atoms with E-state index >= 15 is 0 Å². The fourth-order valence-corrected chi connectivity index (χ4v) is 3.04. The molecule has 0 aromatic rings. The van der Waals surface area contributed by atoms with Gasteiger partial charge in [-0.3, -0.25) is 9.59 Å². The third-order valence-electron chi connectivity index (χ3n) is 4.20. The zero-order chi connectivity index (χ0) is 13.0. The van der Waals surface area contributed by atoms with Gasteiger partial charge in [0.1, 0.15) is 11.7 Å². The normalized spacial score (nSPS) is 23.2. The topological polar surface area (TPSA) is 43.4 Å². The predicted molar refractivity (Wildman–Crippen MR) is 69.0 cm³/mol. The van der Waals surface area contributed by atoms with Gasteiger partial charge in [-0.2, -0.15) is 0 Å². The predicted octanol–water partition coefficient (Wildman–Crippen LogP) is 3.12. The molecule has 1 unspecified atom stereocenters. The summed E-state index contributed by atoms with van der Waals surface area (Å²) >= 11 is 0. The van der Waals surface area contributed by atoms with Gasteiger partial charge in [0.25, 0.3) is 0 Å². The molecule has 0 spiro atoms. The molecule has 0 radical (unpaired) electrons. The fourth-order valence-electron chi connectivity index (χ4n) is 3.04. The van der Waals surface area contributed by atoms with E-state index in [1.165, 1.54) is 12.8 Å². The van der Waals surface area contributed by atoms with Crippen molar-refractivity contribution in [2.75, 3.05) is 6.61 Å². The minimum Gasteiger partial charge on any atom is -0.465 e. The molecule has 3 heteroatoms. The lowest BCUT2D eigenvalue weighted by Gasteiger charge is -2.23. The molecular formula is C15H24O3. The maximum absolute atomic E-state index is 12.3. The standard InChI is InChI=1S/C15H24O3/c1-2-18-15(17)13(14(16)12-9-10-12)11-7-5-3-4-6-8-11/h11-13H,2-10H2,1H3. The number of hydrogen-bond acceptors (Lipinski definition) is 3. The Labute approximate surface area is 109 Å². The highest BCUT2D eigenvalue weighted by molar-refractivity contribution is 6.01. The van der Waals surface area contributed by atoms with Gasteiger partial charge >= 0.3 is 5.97 Å². The van der Waals surface area contributed by atoms with Crippen molar-refractivity contribution in [2.24, 2.45) is 17.8 Å². The van der Waals surface area contributed by atoms with Crippen LogP contribution >= 0.6 is 0 Å². The number of ether oxygens (including phenoxy) is 1. The van der Waals surface area contributed by atoms with Crippen LogP contribution in [0.5, 0.6) is 0 Å². The van der Waals surface area contributed by atoms with Crippen LogP contribution in [0.4, 0.5) is 0 Å². The first kappa shape index (κ1) is 13.6. The lowest BCUT2D eigenvalue weighted by atomic mass is 9.82. The van der Waals surface area contributed by atoms with Crippen molar-refractivity contribution < 1.29 is 14.3 Å². The Morgan fingerprint density at radius 1 is 1.06 bits per heavy atom. The molecule has 3 nitrogen and oxygen atoms in total. The zero-order valence-electron chi connectivity index (χ0n) is 11.3. The largest absolute Gasteiger partial charge is 0.465 e. The summed E-state index contributed by atoms with van der Waals surface area (Å²) < 4.78 is 5.14. The van der Waals surface area contributed by atoms with Crippen molar-refractivity contribution in [3.05, 3.63) is 0 Å². The van der Waals surface area contributed by atoms with Gasteiger partial charge in [0.15, 0.2) is 0 Å². The van der Waals surface area contributed by atoms with E-state index in [0.29, 0.717) is 6.61 Å². The van der Waals surface area contributed by atoms with E-state index in [0.717, 1.165) is 38.5 Å². The maximum Gasteiger partial charge on any atom is 0.316 e. The molecule has 0 bridgehead atoms. The van der Waals surface area contributed by atoms with Gasteiger partial charge in [-0.1, -0.05) is 25.7 Å². The molecule has 2 rings (SSSR count). The molecule has 0 heterocycles. The van der Waals surface area contributed by atoms with E-state index in [9.17, 15) is 9.59 Å². The van der Waals surface area contributed by atoms with Crippen LogP contribution in [0.15, 0.2) is 0 Å². The van der Waals surface area contributed by atoms with E-state index < -0.39 is 5.92 Å². The summed E-state index contributed by atoms with van der Waals surface area (Å²) in [7, 11) is 0. The van der Waals surface area contributed by atoms with Gasteiger partial charge in [0, 0.05) is 5.92 Å². The first-order chi connectivity index (χ1) is 8.74. The number of carbonyl (C=O) groups excluding carboxylic acids is 2. The Hall–Kier alpha value is -0.860. The van der Waals surface area contributed by atoms with Gasteiger partial charge in [-0.05, 0) is 38.5 Å². The van der Waals surface area contributed by atoms with E-state index in [-0.39, 0.29) is 23.6 Å². The highest BCUT2D eigenvalue weighted by Gasteiger charge is 2.42. The number of hydrogen-bond donors (Lipinski definition) is 0. The molecule has 2 aliphatic carbocycles. The number of carbonyl (C=O) groups is 2. The molecular weight excluding hydrogens is 228 g/mol. The van der Waals surface area contributed by atoms with Crippen LogP contribution in [-0.4, -0.2) is 18.4 Å². The monoisotopic (exact) mass is 252 g/mol. The molecule has 0 saturated heterocycles. The average Bonchev–Trinajstić information content (AvgIpc) is 3.17. The lowest BCUT2D eigenvalue weighted by Crippen LogP contribution is -2.34. The van der Waals surface area contributed by atoms with Crippen molar-refractivity contribution in [1.29, 1.82) is 0 Å². The van der Waals surface area contributed by atoms with Crippen molar-refractivity contribution in [1.82, 2.24) is 0 Å². The molecule has 2 fully saturated rings. The molecule has 0 aromatic carbocycles. The van der Waals surface area contributed by atoms with E-state index in [4.69, 9.17) is 4.74 Å². The van der Waals surface area contributed by atoms with Crippen LogP contribution in [0.2, 0.25) is 0 Å². The summed E-state index contributed by atoms with van der Waals surface area (Å²) in [5.41, 5.74) is 0. The Bertz CT molecular complexity index is 299. The van der Waals surface area contributed by atoms with E-state index in [2.05, 4.69) is 0 Å². The zero-order valence-corrected chi connectivity index (χ0v) is 11.3. The lowest BCUT2D eigenvalue weighted by molar-refractivity contribution is -0.154. The van der Waals surface area contributed by atoms with E-state index in [1.54, 1.807) is 0 Å². The summed E-state index contributed by atoms with van der Waals surface area (Å²) in [6, 6.07) is 0. The highest BCUT2D eigenvalue weighted by atomic mass is 16.5. The maximum atomic E-state index is 12.3. The smallest absolute Gasteiger partial charge is 0.316 e. The number of esters is 1. The molecule has 102 valence electrons. The summed E-state index contributed by atoms with van der Waals surface area (Å²) in [6.45, 7) is 2.18. The number of ketones is 1. The van der Waals surface area contributed by atoms with Gasteiger partial charge in [0.2, 0.25) is 0 Å². The third kappa shape index (κ3) is 3.33. The van der Waals surface area contributed by atoms with Crippen LogP contribution < -0.4 is 0 Å².